The molecule has 178 valence electrons. The molecule has 8 heteroatoms. The number of ether oxygens (including phenoxy) is 1. The molecular formula is C27H25N3O3S2. The van der Waals surface area contributed by atoms with Crippen LogP contribution in [0.5, 0.6) is 5.75 Å². The predicted octanol–water partition coefficient (Wildman–Crippen LogP) is 5.48. The van der Waals surface area contributed by atoms with E-state index in [0.717, 1.165) is 28.2 Å². The Morgan fingerprint density at radius 1 is 1.03 bits per heavy atom. The van der Waals surface area contributed by atoms with Gasteiger partial charge < -0.3 is 15.0 Å². The molecule has 0 radical (unpaired) electrons. The average molecular weight is 504 g/mol. The van der Waals surface area contributed by atoms with E-state index in [0.29, 0.717) is 15.0 Å². The summed E-state index contributed by atoms with van der Waals surface area (Å²) < 4.78 is 6.09. The van der Waals surface area contributed by atoms with Crippen LogP contribution in [0.2, 0.25) is 0 Å². The lowest BCUT2D eigenvalue weighted by atomic mass is 10.2. The van der Waals surface area contributed by atoms with Crippen LogP contribution in [-0.2, 0) is 9.59 Å². The minimum atomic E-state index is -0.236. The van der Waals surface area contributed by atoms with E-state index in [-0.39, 0.29) is 18.4 Å². The molecule has 3 aromatic carbocycles. The Morgan fingerprint density at radius 3 is 2.31 bits per heavy atom. The van der Waals surface area contributed by atoms with Crippen LogP contribution in [0.4, 0.5) is 17.1 Å². The van der Waals surface area contributed by atoms with Gasteiger partial charge in [0, 0.05) is 25.5 Å². The van der Waals surface area contributed by atoms with E-state index in [1.807, 2.05) is 86.6 Å². The second-order valence-electron chi connectivity index (χ2n) is 8.20. The first-order chi connectivity index (χ1) is 16.8. The monoisotopic (exact) mass is 503 g/mol. The second kappa shape index (κ2) is 10.8. The van der Waals surface area contributed by atoms with Crippen molar-refractivity contribution in [1.82, 2.24) is 0 Å². The van der Waals surface area contributed by atoms with E-state index in [1.54, 1.807) is 23.1 Å². The van der Waals surface area contributed by atoms with Gasteiger partial charge in [-0.05, 0) is 67.1 Å². The predicted molar refractivity (Wildman–Crippen MR) is 148 cm³/mol. The van der Waals surface area contributed by atoms with Crippen molar-refractivity contribution in [2.24, 2.45) is 0 Å². The van der Waals surface area contributed by atoms with Crippen LogP contribution in [0.1, 0.15) is 11.1 Å². The minimum absolute atomic E-state index is 0.0987. The maximum Gasteiger partial charge on any atom is 0.270 e. The third-order valence-corrected chi connectivity index (χ3v) is 6.60. The molecule has 0 atom stereocenters. The maximum absolute atomic E-state index is 13.0. The molecular weight excluding hydrogens is 478 g/mol. The van der Waals surface area contributed by atoms with Crippen molar-refractivity contribution >= 4 is 63.3 Å². The molecule has 1 aliphatic rings. The minimum Gasteiger partial charge on any atom is -0.484 e. The van der Waals surface area contributed by atoms with Gasteiger partial charge in [-0.15, -0.1) is 0 Å². The zero-order chi connectivity index (χ0) is 24.9. The normalized spacial score (nSPS) is 14.4. The third kappa shape index (κ3) is 6.09. The van der Waals surface area contributed by atoms with Crippen molar-refractivity contribution in [3.63, 3.8) is 0 Å². The Labute approximate surface area is 214 Å². The Bertz CT molecular complexity index is 1270. The summed E-state index contributed by atoms with van der Waals surface area (Å²) in [4.78, 5) is 29.3. The van der Waals surface area contributed by atoms with Gasteiger partial charge >= 0.3 is 0 Å². The standard InChI is InChI=1S/C27H25N3O3S2/c1-18-4-8-20(9-5-18)28-25(31)17-33-23-14-6-19(7-15-23)16-24-26(32)30(27(34)35-24)22-12-10-21(11-13-22)29(2)3/h4-16H,17H2,1-3H3,(H,28,31)/b24-16+. The van der Waals surface area contributed by atoms with Crippen molar-refractivity contribution in [1.29, 1.82) is 0 Å². The first kappa shape index (κ1) is 24.5. The summed E-state index contributed by atoms with van der Waals surface area (Å²) in [6.45, 7) is 1.89. The molecule has 0 spiro atoms. The Morgan fingerprint density at radius 2 is 1.69 bits per heavy atom. The maximum atomic E-state index is 13.0. The molecule has 0 saturated carbocycles. The second-order valence-corrected chi connectivity index (χ2v) is 9.88. The lowest BCUT2D eigenvalue weighted by Crippen LogP contribution is -2.27. The van der Waals surface area contributed by atoms with Gasteiger partial charge in [-0.3, -0.25) is 14.5 Å². The van der Waals surface area contributed by atoms with E-state index in [2.05, 4.69) is 5.32 Å². The highest BCUT2D eigenvalue weighted by Crippen LogP contribution is 2.36. The molecule has 35 heavy (non-hydrogen) atoms. The number of amides is 2. The van der Waals surface area contributed by atoms with Crippen molar-refractivity contribution in [2.45, 2.75) is 6.92 Å². The quantitative estimate of drug-likeness (QED) is 0.340. The Kier molecular flexibility index (Phi) is 7.53. The Hall–Kier alpha value is -3.62. The molecule has 1 aliphatic heterocycles. The van der Waals surface area contributed by atoms with Gasteiger partial charge in [-0.25, -0.2) is 0 Å². The summed E-state index contributed by atoms with van der Waals surface area (Å²) >= 11 is 6.75. The van der Waals surface area contributed by atoms with E-state index in [1.165, 1.54) is 11.8 Å². The zero-order valence-electron chi connectivity index (χ0n) is 19.6. The lowest BCUT2D eigenvalue weighted by molar-refractivity contribution is -0.118. The summed E-state index contributed by atoms with van der Waals surface area (Å²) in [6, 6.07) is 22.5. The highest BCUT2D eigenvalue weighted by Gasteiger charge is 2.33. The number of rotatable bonds is 7. The van der Waals surface area contributed by atoms with Crippen LogP contribution in [0.3, 0.4) is 0 Å². The molecule has 4 rings (SSSR count). The third-order valence-electron chi connectivity index (χ3n) is 5.30. The SMILES string of the molecule is Cc1ccc(NC(=O)COc2ccc(/C=C3/SC(=S)N(c4ccc(N(C)C)cc4)C3=O)cc2)cc1. The molecule has 0 aliphatic carbocycles. The number of hydrogen-bond donors (Lipinski definition) is 1. The van der Waals surface area contributed by atoms with Gasteiger partial charge in [0.05, 0.1) is 10.6 Å². The number of benzene rings is 3. The fourth-order valence-electron chi connectivity index (χ4n) is 3.38. The number of hydrogen-bond acceptors (Lipinski definition) is 6. The first-order valence-corrected chi connectivity index (χ1v) is 12.2. The Balaban J connectivity index is 1.36. The van der Waals surface area contributed by atoms with Crippen LogP contribution in [0, 0.1) is 6.92 Å². The van der Waals surface area contributed by atoms with Crippen LogP contribution in [-0.4, -0.2) is 36.8 Å². The summed E-state index contributed by atoms with van der Waals surface area (Å²) in [7, 11) is 3.93. The largest absolute Gasteiger partial charge is 0.484 e. The van der Waals surface area contributed by atoms with Crippen molar-refractivity contribution < 1.29 is 14.3 Å². The topological polar surface area (TPSA) is 61.9 Å². The van der Waals surface area contributed by atoms with Gasteiger partial charge in [0.2, 0.25) is 0 Å². The molecule has 1 heterocycles. The average Bonchev–Trinajstić information content (AvgIpc) is 3.12. The fraction of sp³-hybridized carbons (Fsp3) is 0.148. The van der Waals surface area contributed by atoms with Gasteiger partial charge in [0.25, 0.3) is 11.8 Å². The number of thiocarbonyl (C=S) groups is 1. The van der Waals surface area contributed by atoms with Crippen molar-refractivity contribution in [3.05, 3.63) is 88.8 Å². The molecule has 0 unspecified atom stereocenters. The first-order valence-electron chi connectivity index (χ1n) is 10.9. The molecule has 0 bridgehead atoms. The summed E-state index contributed by atoms with van der Waals surface area (Å²) in [5.74, 6) is 0.181. The fourth-order valence-corrected chi connectivity index (χ4v) is 4.68. The molecule has 1 saturated heterocycles. The van der Waals surface area contributed by atoms with Crippen LogP contribution >= 0.6 is 24.0 Å². The molecule has 0 aromatic heterocycles. The van der Waals surface area contributed by atoms with Gasteiger partial charge in [-0.2, -0.15) is 0 Å². The van der Waals surface area contributed by atoms with Gasteiger partial charge in [-0.1, -0.05) is 53.8 Å². The van der Waals surface area contributed by atoms with Crippen LogP contribution in [0.15, 0.2) is 77.7 Å². The highest BCUT2D eigenvalue weighted by atomic mass is 32.2. The summed E-state index contributed by atoms with van der Waals surface area (Å²) in [6.07, 6.45) is 1.81. The molecule has 3 aromatic rings. The number of anilines is 3. The molecule has 6 nitrogen and oxygen atoms in total. The highest BCUT2D eigenvalue weighted by molar-refractivity contribution is 8.27. The smallest absolute Gasteiger partial charge is 0.270 e. The van der Waals surface area contributed by atoms with Gasteiger partial charge in [0.1, 0.15) is 5.75 Å². The number of carbonyl (C=O) groups excluding carboxylic acids is 2. The van der Waals surface area contributed by atoms with E-state index < -0.39 is 0 Å². The van der Waals surface area contributed by atoms with E-state index >= 15 is 0 Å². The number of thioether (sulfide) groups is 1. The number of nitrogens with one attached hydrogen (secondary N) is 1. The summed E-state index contributed by atoms with van der Waals surface area (Å²) in [5.41, 5.74) is 4.48. The van der Waals surface area contributed by atoms with Crippen LogP contribution < -0.4 is 19.9 Å². The summed E-state index contributed by atoms with van der Waals surface area (Å²) in [5, 5.41) is 2.80. The zero-order valence-corrected chi connectivity index (χ0v) is 21.3. The molecule has 1 fully saturated rings. The van der Waals surface area contributed by atoms with Crippen molar-refractivity contribution in [3.8, 4) is 5.75 Å². The van der Waals surface area contributed by atoms with Gasteiger partial charge in [0.15, 0.2) is 10.9 Å². The van der Waals surface area contributed by atoms with Crippen LogP contribution in [0.25, 0.3) is 6.08 Å². The lowest BCUT2D eigenvalue weighted by Gasteiger charge is -2.17. The van der Waals surface area contributed by atoms with E-state index in [4.69, 9.17) is 17.0 Å². The van der Waals surface area contributed by atoms with Crippen molar-refractivity contribution in [2.75, 3.05) is 35.8 Å². The number of carbonyl (C=O) groups is 2. The molecule has 2 amide bonds. The molecule has 1 N–H and O–H groups in total. The number of nitrogens with zero attached hydrogens (tertiary/aromatic N) is 2. The van der Waals surface area contributed by atoms with E-state index in [9.17, 15) is 9.59 Å². The number of aryl methyl sites for hydroxylation is 1.